The van der Waals surface area contributed by atoms with Crippen molar-refractivity contribution in [1.82, 2.24) is 9.55 Å². The lowest BCUT2D eigenvalue weighted by Crippen LogP contribution is -2.07. The summed E-state index contributed by atoms with van der Waals surface area (Å²) in [6.45, 7) is 0.925. The molecule has 1 aliphatic carbocycles. The van der Waals surface area contributed by atoms with Crippen LogP contribution in [0.3, 0.4) is 0 Å². The summed E-state index contributed by atoms with van der Waals surface area (Å²) < 4.78 is 2.28. The molecule has 1 heterocycles. The first-order valence-electron chi connectivity index (χ1n) is 8.00. The first-order valence-corrected chi connectivity index (χ1v) is 8.00. The average molecular weight is 296 g/mol. The molecule has 0 spiro atoms. The Hall–Kier alpha value is -2.87. The normalized spacial score (nSPS) is 13.2. The lowest BCUT2D eigenvalue weighted by Gasteiger charge is -2.15. The van der Waals surface area contributed by atoms with E-state index in [1.807, 2.05) is 12.4 Å². The van der Waals surface area contributed by atoms with Crippen molar-refractivity contribution < 1.29 is 0 Å². The van der Waals surface area contributed by atoms with Crippen molar-refractivity contribution in [2.45, 2.75) is 12.5 Å². The molecule has 0 saturated heterocycles. The van der Waals surface area contributed by atoms with Crippen molar-refractivity contribution in [1.29, 1.82) is 0 Å². The molecule has 0 bridgehead atoms. The van der Waals surface area contributed by atoms with Crippen molar-refractivity contribution in [3.8, 4) is 11.1 Å². The highest BCUT2D eigenvalue weighted by Crippen LogP contribution is 2.45. The molecule has 0 atom stereocenters. The van der Waals surface area contributed by atoms with E-state index in [-0.39, 0.29) is 0 Å². The third-order valence-electron chi connectivity index (χ3n) is 4.87. The summed E-state index contributed by atoms with van der Waals surface area (Å²) >= 11 is 0. The second-order valence-corrected chi connectivity index (χ2v) is 6.11. The molecule has 1 aliphatic rings. The topological polar surface area (TPSA) is 17.8 Å². The van der Waals surface area contributed by atoms with Crippen molar-refractivity contribution in [3.05, 3.63) is 90.3 Å². The summed E-state index contributed by atoms with van der Waals surface area (Å²) in [5, 5.41) is 0. The van der Waals surface area contributed by atoms with Gasteiger partial charge < -0.3 is 4.57 Å². The Morgan fingerprint density at radius 1 is 0.739 bits per heavy atom. The van der Waals surface area contributed by atoms with Crippen molar-refractivity contribution in [2.75, 3.05) is 0 Å². The summed E-state index contributed by atoms with van der Waals surface area (Å²) in [5.41, 5.74) is 7.86. The molecular weight excluding hydrogens is 280 g/mol. The van der Waals surface area contributed by atoms with E-state index in [1.165, 1.54) is 27.8 Å². The molecule has 5 rings (SSSR count). The van der Waals surface area contributed by atoms with E-state index in [0.717, 1.165) is 12.1 Å². The van der Waals surface area contributed by atoms with Gasteiger partial charge in [-0.1, -0.05) is 60.7 Å². The van der Waals surface area contributed by atoms with E-state index in [0.29, 0.717) is 5.92 Å². The van der Waals surface area contributed by atoms with Gasteiger partial charge in [0.25, 0.3) is 0 Å². The molecule has 0 amide bonds. The zero-order valence-electron chi connectivity index (χ0n) is 12.7. The third-order valence-corrected chi connectivity index (χ3v) is 4.87. The van der Waals surface area contributed by atoms with E-state index < -0.39 is 0 Å². The van der Waals surface area contributed by atoms with Crippen molar-refractivity contribution >= 4 is 11.0 Å². The number of aromatic nitrogens is 2. The standard InChI is InChI=1S/C21H16N2/c1-3-9-17-15(7-1)16-8-2-4-10-18(16)19(17)13-23-14-22-20-11-5-6-12-21(20)23/h1-12,14,19H,13H2. The summed E-state index contributed by atoms with van der Waals surface area (Å²) in [7, 11) is 0. The molecule has 0 fully saturated rings. The highest BCUT2D eigenvalue weighted by atomic mass is 15.0. The molecule has 4 aromatic rings. The second kappa shape index (κ2) is 4.82. The predicted molar refractivity (Wildman–Crippen MR) is 93.5 cm³/mol. The van der Waals surface area contributed by atoms with Gasteiger partial charge in [0.15, 0.2) is 0 Å². The molecule has 2 nitrogen and oxygen atoms in total. The molecule has 0 saturated carbocycles. The van der Waals surface area contributed by atoms with Gasteiger partial charge in [-0.15, -0.1) is 0 Å². The summed E-state index contributed by atoms with van der Waals surface area (Å²) in [5.74, 6) is 0.389. The van der Waals surface area contributed by atoms with Crippen LogP contribution in [0.25, 0.3) is 22.2 Å². The highest BCUT2D eigenvalue weighted by molar-refractivity contribution is 5.79. The van der Waals surface area contributed by atoms with Gasteiger partial charge in [0, 0.05) is 12.5 Å². The van der Waals surface area contributed by atoms with Crippen molar-refractivity contribution in [2.24, 2.45) is 0 Å². The largest absolute Gasteiger partial charge is 0.330 e. The third kappa shape index (κ3) is 1.85. The Balaban J connectivity index is 1.66. The van der Waals surface area contributed by atoms with Crippen LogP contribution < -0.4 is 0 Å². The van der Waals surface area contributed by atoms with E-state index in [2.05, 4.69) is 76.3 Å². The fourth-order valence-electron chi connectivity index (χ4n) is 3.81. The first-order chi connectivity index (χ1) is 11.4. The Morgan fingerprint density at radius 3 is 2.09 bits per heavy atom. The van der Waals surface area contributed by atoms with Crippen LogP contribution in [0.1, 0.15) is 17.0 Å². The molecule has 0 N–H and O–H groups in total. The first kappa shape index (κ1) is 12.7. The fourth-order valence-corrected chi connectivity index (χ4v) is 3.81. The van der Waals surface area contributed by atoms with E-state index in [1.54, 1.807) is 0 Å². The highest BCUT2D eigenvalue weighted by Gasteiger charge is 2.28. The lowest BCUT2D eigenvalue weighted by molar-refractivity contribution is 0.648. The lowest BCUT2D eigenvalue weighted by atomic mass is 9.97. The van der Waals surface area contributed by atoms with Crippen LogP contribution in [0.5, 0.6) is 0 Å². The number of rotatable bonds is 2. The number of nitrogens with zero attached hydrogens (tertiary/aromatic N) is 2. The Bertz CT molecular complexity index is 967. The quantitative estimate of drug-likeness (QED) is 0.517. The smallest absolute Gasteiger partial charge is 0.0958 e. The SMILES string of the molecule is c1ccc2c(c1)-c1ccccc1C2Cn1cnc2ccccc21. The molecule has 0 unspecified atom stereocenters. The number of benzene rings is 3. The Labute approximate surface area is 135 Å². The fraction of sp³-hybridized carbons (Fsp3) is 0.0952. The minimum Gasteiger partial charge on any atom is -0.330 e. The van der Waals surface area contributed by atoms with Crippen LogP contribution in [0.2, 0.25) is 0 Å². The molecule has 3 aromatic carbocycles. The molecule has 110 valence electrons. The minimum atomic E-state index is 0.389. The van der Waals surface area contributed by atoms with Crippen LogP contribution in [0.4, 0.5) is 0 Å². The van der Waals surface area contributed by atoms with Gasteiger partial charge in [-0.3, -0.25) is 0 Å². The molecule has 1 aromatic heterocycles. The second-order valence-electron chi connectivity index (χ2n) is 6.11. The van der Waals surface area contributed by atoms with Crippen LogP contribution in [0, 0.1) is 0 Å². The van der Waals surface area contributed by atoms with E-state index in [9.17, 15) is 0 Å². The number of para-hydroxylation sites is 2. The molecule has 2 heteroatoms. The zero-order chi connectivity index (χ0) is 15.2. The number of imidazole rings is 1. The average Bonchev–Trinajstić information content (AvgIpc) is 3.16. The predicted octanol–water partition coefficient (Wildman–Crippen LogP) is 4.85. The van der Waals surface area contributed by atoms with Gasteiger partial charge in [0.05, 0.1) is 17.4 Å². The maximum absolute atomic E-state index is 4.54. The van der Waals surface area contributed by atoms with Crippen LogP contribution in [-0.4, -0.2) is 9.55 Å². The number of fused-ring (bicyclic) bond motifs is 4. The van der Waals surface area contributed by atoms with Gasteiger partial charge in [-0.25, -0.2) is 4.98 Å². The van der Waals surface area contributed by atoms with Gasteiger partial charge >= 0.3 is 0 Å². The van der Waals surface area contributed by atoms with Gasteiger partial charge in [0.1, 0.15) is 0 Å². The number of hydrogen-bond acceptors (Lipinski definition) is 1. The maximum atomic E-state index is 4.54. The summed E-state index contributed by atoms with van der Waals surface area (Å²) in [6, 6.07) is 25.9. The minimum absolute atomic E-state index is 0.389. The van der Waals surface area contributed by atoms with Crippen LogP contribution in [-0.2, 0) is 6.54 Å². The van der Waals surface area contributed by atoms with E-state index in [4.69, 9.17) is 0 Å². The van der Waals surface area contributed by atoms with Crippen LogP contribution in [0.15, 0.2) is 79.1 Å². The number of hydrogen-bond donors (Lipinski definition) is 0. The van der Waals surface area contributed by atoms with Gasteiger partial charge in [-0.05, 0) is 34.4 Å². The Morgan fingerprint density at radius 2 is 1.35 bits per heavy atom. The maximum Gasteiger partial charge on any atom is 0.0958 e. The summed E-state index contributed by atoms with van der Waals surface area (Å²) in [4.78, 5) is 4.54. The summed E-state index contributed by atoms with van der Waals surface area (Å²) in [6.07, 6.45) is 1.97. The van der Waals surface area contributed by atoms with Gasteiger partial charge in [0.2, 0.25) is 0 Å². The molecule has 23 heavy (non-hydrogen) atoms. The zero-order valence-corrected chi connectivity index (χ0v) is 12.7. The molecular formula is C21H16N2. The molecule has 0 radical (unpaired) electrons. The van der Waals surface area contributed by atoms with Gasteiger partial charge in [-0.2, -0.15) is 0 Å². The molecule has 0 aliphatic heterocycles. The monoisotopic (exact) mass is 296 g/mol. The van der Waals surface area contributed by atoms with Crippen LogP contribution >= 0.6 is 0 Å². The van der Waals surface area contributed by atoms with E-state index >= 15 is 0 Å². The van der Waals surface area contributed by atoms with Crippen molar-refractivity contribution in [3.63, 3.8) is 0 Å². The Kier molecular flexibility index (Phi) is 2.65.